The number of pyridine rings is 1. The zero-order valence-corrected chi connectivity index (χ0v) is 14.2. The molecule has 1 aromatic heterocycles. The molecule has 0 aliphatic rings. The minimum Gasteiger partial charge on any atom is -0.318 e. The maximum absolute atomic E-state index is 11.9. The van der Waals surface area contributed by atoms with Crippen LogP contribution in [0.4, 0.5) is 0 Å². The third-order valence-electron chi connectivity index (χ3n) is 3.86. The first kappa shape index (κ1) is 16.5. The molecule has 0 aliphatic carbocycles. The van der Waals surface area contributed by atoms with E-state index in [9.17, 15) is 13.2 Å². The monoisotopic (exact) mass is 319 g/mol. The first-order valence-electron chi connectivity index (χ1n) is 7.21. The van der Waals surface area contributed by atoms with Gasteiger partial charge < -0.3 is 4.57 Å². The van der Waals surface area contributed by atoms with Crippen LogP contribution in [-0.2, 0) is 22.6 Å². The van der Waals surface area contributed by atoms with Crippen LogP contribution in [0.2, 0.25) is 0 Å². The minimum atomic E-state index is -3.07. The topological polar surface area (TPSA) is 56.1 Å². The van der Waals surface area contributed by atoms with Gasteiger partial charge in [-0.05, 0) is 48.2 Å². The Morgan fingerprint density at radius 2 is 1.73 bits per heavy atom. The van der Waals surface area contributed by atoms with Crippen molar-refractivity contribution in [2.75, 3.05) is 5.75 Å². The Balaban J connectivity index is 2.52. The third kappa shape index (κ3) is 3.47. The molecule has 118 valence electrons. The zero-order chi connectivity index (χ0) is 16.5. The molecule has 5 heteroatoms. The molecule has 0 atom stereocenters. The Bertz CT molecular complexity index is 838. The highest BCUT2D eigenvalue weighted by atomic mass is 32.2. The number of sulfone groups is 1. The van der Waals surface area contributed by atoms with Gasteiger partial charge in [-0.25, -0.2) is 8.42 Å². The Kier molecular flexibility index (Phi) is 4.56. The van der Waals surface area contributed by atoms with E-state index in [-0.39, 0.29) is 17.1 Å². The van der Waals surface area contributed by atoms with E-state index in [4.69, 9.17) is 0 Å². The lowest BCUT2D eigenvalue weighted by atomic mass is 10.0. The lowest BCUT2D eigenvalue weighted by molar-refractivity contribution is 0.596. The average Bonchev–Trinajstić information content (AvgIpc) is 2.46. The highest BCUT2D eigenvalue weighted by molar-refractivity contribution is 7.90. The summed E-state index contributed by atoms with van der Waals surface area (Å²) in [5, 5.41) is 0. The summed E-state index contributed by atoms with van der Waals surface area (Å²) in [5.74, 6) is 0.184. The molecule has 0 unspecified atom stereocenters. The van der Waals surface area contributed by atoms with Gasteiger partial charge in [-0.15, -0.1) is 0 Å². The summed E-state index contributed by atoms with van der Waals surface area (Å²) in [6, 6.07) is 7.62. The van der Waals surface area contributed by atoms with Crippen molar-refractivity contribution in [3.05, 3.63) is 57.5 Å². The first-order chi connectivity index (χ1) is 10.2. The number of aryl methyl sites for hydroxylation is 3. The maximum atomic E-state index is 11.9. The van der Waals surface area contributed by atoms with Crippen LogP contribution in [0.3, 0.4) is 0 Å². The number of hydrogen-bond acceptors (Lipinski definition) is 3. The molecule has 0 fully saturated rings. The molecule has 0 bridgehead atoms. The molecule has 0 radical (unpaired) electrons. The van der Waals surface area contributed by atoms with Gasteiger partial charge in [-0.1, -0.05) is 19.1 Å². The first-order valence-corrected chi connectivity index (χ1v) is 9.03. The molecule has 0 N–H and O–H groups in total. The van der Waals surface area contributed by atoms with Crippen molar-refractivity contribution in [3.8, 4) is 11.1 Å². The van der Waals surface area contributed by atoms with Crippen LogP contribution < -0.4 is 5.56 Å². The fraction of sp³-hybridized carbons (Fsp3) is 0.353. The second kappa shape index (κ2) is 6.08. The molecular formula is C17H21NO3S. The summed E-state index contributed by atoms with van der Waals surface area (Å²) in [6.07, 6.45) is 1.78. The molecule has 0 aliphatic heterocycles. The van der Waals surface area contributed by atoms with Crippen molar-refractivity contribution in [1.82, 2.24) is 4.57 Å². The normalized spacial score (nSPS) is 11.6. The van der Waals surface area contributed by atoms with E-state index < -0.39 is 9.84 Å². The van der Waals surface area contributed by atoms with Crippen molar-refractivity contribution in [3.63, 3.8) is 0 Å². The average molecular weight is 319 g/mol. The number of nitrogens with zero attached hydrogens (tertiary/aromatic N) is 1. The summed E-state index contributed by atoms with van der Waals surface area (Å²) in [6.45, 7) is 5.35. The predicted molar refractivity (Wildman–Crippen MR) is 89.8 cm³/mol. The molecule has 0 amide bonds. The van der Waals surface area contributed by atoms with Gasteiger partial charge >= 0.3 is 0 Å². The molecule has 1 aromatic carbocycles. The zero-order valence-electron chi connectivity index (χ0n) is 13.4. The summed E-state index contributed by atoms with van der Waals surface area (Å²) in [7, 11) is -1.35. The fourth-order valence-corrected chi connectivity index (χ4v) is 3.37. The molecule has 22 heavy (non-hydrogen) atoms. The molecule has 2 aromatic rings. The van der Waals surface area contributed by atoms with E-state index in [1.807, 2.05) is 31.2 Å². The van der Waals surface area contributed by atoms with Gasteiger partial charge in [0.1, 0.15) is 0 Å². The van der Waals surface area contributed by atoms with E-state index in [2.05, 4.69) is 0 Å². The van der Waals surface area contributed by atoms with Crippen LogP contribution in [0, 0.1) is 13.8 Å². The van der Waals surface area contributed by atoms with Gasteiger partial charge in [0.25, 0.3) is 5.56 Å². The minimum absolute atomic E-state index is 0.0235. The van der Waals surface area contributed by atoms with Crippen LogP contribution in [0.25, 0.3) is 11.1 Å². The second-order valence-electron chi connectivity index (χ2n) is 5.65. The molecule has 0 spiro atoms. The van der Waals surface area contributed by atoms with Crippen molar-refractivity contribution in [1.29, 1.82) is 0 Å². The molecular weight excluding hydrogens is 298 g/mol. The van der Waals surface area contributed by atoms with Gasteiger partial charge in [0.15, 0.2) is 9.84 Å². The molecule has 4 nitrogen and oxygen atoms in total. The van der Waals surface area contributed by atoms with Gasteiger partial charge in [0.05, 0.1) is 5.75 Å². The van der Waals surface area contributed by atoms with Crippen LogP contribution >= 0.6 is 0 Å². The van der Waals surface area contributed by atoms with Gasteiger partial charge in [-0.3, -0.25) is 4.79 Å². The van der Waals surface area contributed by atoms with Crippen LogP contribution in [0.15, 0.2) is 35.3 Å². The van der Waals surface area contributed by atoms with Crippen LogP contribution in [-0.4, -0.2) is 18.7 Å². The lowest BCUT2D eigenvalue weighted by Crippen LogP contribution is -2.18. The van der Waals surface area contributed by atoms with Gasteiger partial charge in [0, 0.05) is 24.6 Å². The predicted octanol–water partition coefficient (Wildman–Crippen LogP) is 2.60. The number of aromatic nitrogens is 1. The SMILES string of the molecule is CCS(=O)(=O)Cc1cc(-c2cc(C)c(=O)n(C)c2)ccc1C. The molecule has 2 rings (SSSR count). The Morgan fingerprint density at radius 3 is 2.32 bits per heavy atom. The second-order valence-corrected chi connectivity index (χ2v) is 8.00. The van der Waals surface area contributed by atoms with Crippen LogP contribution in [0.1, 0.15) is 23.6 Å². The highest BCUT2D eigenvalue weighted by Gasteiger charge is 2.12. The van der Waals surface area contributed by atoms with Crippen molar-refractivity contribution < 1.29 is 8.42 Å². The smallest absolute Gasteiger partial charge is 0.253 e. The number of hydrogen-bond donors (Lipinski definition) is 0. The Labute approximate surface area is 131 Å². The summed E-state index contributed by atoms with van der Waals surface area (Å²) in [4.78, 5) is 11.8. The Morgan fingerprint density at radius 1 is 1.05 bits per heavy atom. The molecule has 1 heterocycles. The van der Waals surface area contributed by atoms with Gasteiger partial charge in [0.2, 0.25) is 0 Å². The van der Waals surface area contributed by atoms with E-state index in [0.29, 0.717) is 5.56 Å². The third-order valence-corrected chi connectivity index (χ3v) is 5.49. The van der Waals surface area contributed by atoms with E-state index in [1.54, 1.807) is 31.7 Å². The standard InChI is InChI=1S/C17H21NO3S/c1-5-22(20,21)11-16-9-14(7-6-12(16)2)15-8-13(3)17(19)18(4)10-15/h6-10H,5,11H2,1-4H3. The molecule has 0 saturated heterocycles. The Hall–Kier alpha value is -1.88. The highest BCUT2D eigenvalue weighted by Crippen LogP contribution is 2.23. The number of rotatable bonds is 4. The van der Waals surface area contributed by atoms with Crippen molar-refractivity contribution in [2.24, 2.45) is 7.05 Å². The van der Waals surface area contributed by atoms with Crippen molar-refractivity contribution >= 4 is 9.84 Å². The van der Waals surface area contributed by atoms with E-state index >= 15 is 0 Å². The van der Waals surface area contributed by atoms with Gasteiger partial charge in [-0.2, -0.15) is 0 Å². The maximum Gasteiger partial charge on any atom is 0.253 e. The lowest BCUT2D eigenvalue weighted by Gasteiger charge is -2.11. The quantitative estimate of drug-likeness (QED) is 0.870. The van der Waals surface area contributed by atoms with Crippen LogP contribution in [0.5, 0.6) is 0 Å². The summed E-state index contributed by atoms with van der Waals surface area (Å²) >= 11 is 0. The summed E-state index contributed by atoms with van der Waals surface area (Å²) in [5.41, 5.74) is 4.25. The van der Waals surface area contributed by atoms with E-state index in [1.165, 1.54) is 0 Å². The van der Waals surface area contributed by atoms with E-state index in [0.717, 1.165) is 22.3 Å². The van der Waals surface area contributed by atoms with Crippen molar-refractivity contribution in [2.45, 2.75) is 26.5 Å². The summed E-state index contributed by atoms with van der Waals surface area (Å²) < 4.78 is 25.3. The fourth-order valence-electron chi connectivity index (χ4n) is 2.38. The number of benzene rings is 1. The largest absolute Gasteiger partial charge is 0.318 e. The molecule has 0 saturated carbocycles.